The average Bonchev–Trinajstić information content (AvgIpc) is 1.94. The van der Waals surface area contributed by atoms with Crippen LogP contribution >= 0.6 is 0 Å². The van der Waals surface area contributed by atoms with Gasteiger partial charge in [-0.1, -0.05) is 0 Å². The average molecular weight is 117 g/mol. The molecule has 1 saturated heterocycles. The summed E-state index contributed by atoms with van der Waals surface area (Å²) in [4.78, 5) is 0. The van der Waals surface area contributed by atoms with E-state index in [1.165, 1.54) is 0 Å². The molecule has 1 aliphatic heterocycles. The van der Waals surface area contributed by atoms with Gasteiger partial charge in [0.15, 0.2) is 0 Å². The summed E-state index contributed by atoms with van der Waals surface area (Å²) < 4.78 is 5.04. The third kappa shape index (κ3) is 1.78. The van der Waals surface area contributed by atoms with Crippen molar-refractivity contribution < 1.29 is 9.84 Å². The highest BCUT2D eigenvalue weighted by Gasteiger charge is 2.05. The van der Waals surface area contributed by atoms with Gasteiger partial charge >= 0.3 is 0 Å². The van der Waals surface area contributed by atoms with E-state index in [1.807, 2.05) is 0 Å². The number of aliphatic hydroxyl groups excluding tert-OH is 1. The molecule has 3 heteroatoms. The molecule has 1 atom stereocenters. The Morgan fingerprint density at radius 2 is 2.38 bits per heavy atom. The van der Waals surface area contributed by atoms with Gasteiger partial charge in [0.2, 0.25) is 0 Å². The predicted molar refractivity (Wildman–Crippen MR) is 29.4 cm³/mol. The summed E-state index contributed by atoms with van der Waals surface area (Å²) in [5, 5.41) is 11.8. The second kappa shape index (κ2) is 3.02. The molecular formula is C5H11NO2. The Kier molecular flexibility index (Phi) is 2.27. The van der Waals surface area contributed by atoms with Crippen LogP contribution in [-0.2, 0) is 4.74 Å². The second-order valence-corrected chi connectivity index (χ2v) is 1.87. The first kappa shape index (κ1) is 6.01. The van der Waals surface area contributed by atoms with Gasteiger partial charge in [-0.05, 0) is 0 Å². The Hall–Kier alpha value is -0.120. The van der Waals surface area contributed by atoms with Crippen molar-refractivity contribution in [3.05, 3.63) is 0 Å². The Morgan fingerprint density at radius 1 is 1.50 bits per heavy atom. The molecule has 3 nitrogen and oxygen atoms in total. The minimum atomic E-state index is -0.350. The van der Waals surface area contributed by atoms with Crippen LogP contribution < -0.4 is 5.32 Å². The maximum atomic E-state index is 8.90. The molecule has 0 bridgehead atoms. The van der Waals surface area contributed by atoms with Gasteiger partial charge in [-0.15, -0.1) is 0 Å². The maximum Gasteiger partial charge on any atom is 0.107 e. The lowest BCUT2D eigenvalue weighted by Crippen LogP contribution is -2.28. The van der Waals surface area contributed by atoms with Gasteiger partial charge in [0.1, 0.15) is 6.23 Å². The van der Waals surface area contributed by atoms with E-state index in [9.17, 15) is 0 Å². The quantitative estimate of drug-likeness (QED) is 0.441. The van der Waals surface area contributed by atoms with Gasteiger partial charge in [-0.25, -0.2) is 0 Å². The largest absolute Gasteiger partial charge is 0.380 e. The lowest BCUT2D eigenvalue weighted by Gasteiger charge is -2.04. The zero-order chi connectivity index (χ0) is 5.82. The summed E-state index contributed by atoms with van der Waals surface area (Å²) >= 11 is 0. The van der Waals surface area contributed by atoms with E-state index in [0.29, 0.717) is 13.0 Å². The van der Waals surface area contributed by atoms with Crippen LogP contribution in [0, 0.1) is 0 Å². The molecule has 0 aromatic heterocycles. The first-order chi connectivity index (χ1) is 3.89. The Labute approximate surface area is 48.7 Å². The van der Waals surface area contributed by atoms with Crippen LogP contribution in [-0.4, -0.2) is 31.1 Å². The first-order valence-corrected chi connectivity index (χ1v) is 2.89. The van der Waals surface area contributed by atoms with Crippen molar-refractivity contribution in [2.24, 2.45) is 0 Å². The van der Waals surface area contributed by atoms with E-state index in [-0.39, 0.29) is 6.23 Å². The lowest BCUT2D eigenvalue weighted by atomic mass is 10.4. The molecular weight excluding hydrogens is 106 g/mol. The molecule has 0 spiro atoms. The van der Waals surface area contributed by atoms with Gasteiger partial charge in [-0.3, -0.25) is 5.32 Å². The molecule has 0 saturated carbocycles. The van der Waals surface area contributed by atoms with Crippen LogP contribution in [0.4, 0.5) is 0 Å². The number of rotatable bonds is 0. The number of ether oxygens (including phenoxy) is 1. The first-order valence-electron chi connectivity index (χ1n) is 2.89. The van der Waals surface area contributed by atoms with Crippen LogP contribution in [0.15, 0.2) is 0 Å². The van der Waals surface area contributed by atoms with Crippen LogP contribution in [0.25, 0.3) is 0 Å². The van der Waals surface area contributed by atoms with Crippen molar-refractivity contribution in [3.8, 4) is 0 Å². The number of hydrogen-bond acceptors (Lipinski definition) is 3. The number of hydrogen-bond donors (Lipinski definition) is 2. The Balaban J connectivity index is 2.17. The van der Waals surface area contributed by atoms with Gasteiger partial charge < -0.3 is 9.84 Å². The van der Waals surface area contributed by atoms with Gasteiger partial charge in [-0.2, -0.15) is 0 Å². The molecule has 0 aromatic rings. The van der Waals surface area contributed by atoms with Gasteiger partial charge in [0, 0.05) is 13.0 Å². The predicted octanol–water partition coefficient (Wildman–Crippen LogP) is -0.685. The lowest BCUT2D eigenvalue weighted by molar-refractivity contribution is 0.111. The van der Waals surface area contributed by atoms with Gasteiger partial charge in [0.25, 0.3) is 0 Å². The molecule has 2 N–H and O–H groups in total. The van der Waals surface area contributed by atoms with E-state index in [0.717, 1.165) is 13.2 Å². The van der Waals surface area contributed by atoms with E-state index >= 15 is 0 Å². The molecule has 8 heavy (non-hydrogen) atoms. The summed E-state index contributed by atoms with van der Waals surface area (Å²) in [6, 6.07) is 0. The van der Waals surface area contributed by atoms with Crippen LogP contribution in [0.3, 0.4) is 0 Å². The Morgan fingerprint density at radius 3 is 3.25 bits per heavy atom. The summed E-state index contributed by atoms with van der Waals surface area (Å²) in [5.41, 5.74) is 0. The minimum Gasteiger partial charge on any atom is -0.380 e. The molecule has 1 heterocycles. The molecule has 1 aliphatic rings. The zero-order valence-corrected chi connectivity index (χ0v) is 4.76. The van der Waals surface area contributed by atoms with E-state index in [4.69, 9.17) is 9.84 Å². The standard InChI is InChI=1S/C5H11NO2/c7-5-1-3-8-4-2-6-5/h5-7H,1-4H2. The van der Waals surface area contributed by atoms with E-state index in [2.05, 4.69) is 5.32 Å². The third-order valence-corrected chi connectivity index (χ3v) is 1.16. The van der Waals surface area contributed by atoms with Crippen molar-refractivity contribution in [3.63, 3.8) is 0 Å². The highest BCUT2D eigenvalue weighted by molar-refractivity contribution is 4.55. The molecule has 48 valence electrons. The Bertz CT molecular complexity index is 59.4. The summed E-state index contributed by atoms with van der Waals surface area (Å²) in [5.74, 6) is 0. The molecule has 1 unspecified atom stereocenters. The van der Waals surface area contributed by atoms with Crippen molar-refractivity contribution >= 4 is 0 Å². The molecule has 0 radical (unpaired) electrons. The topological polar surface area (TPSA) is 41.5 Å². The molecule has 1 rings (SSSR count). The highest BCUT2D eigenvalue weighted by atomic mass is 16.5. The van der Waals surface area contributed by atoms with E-state index in [1.54, 1.807) is 0 Å². The zero-order valence-electron chi connectivity index (χ0n) is 4.76. The fourth-order valence-electron chi connectivity index (χ4n) is 0.697. The van der Waals surface area contributed by atoms with Crippen LogP contribution in [0.1, 0.15) is 6.42 Å². The molecule has 0 amide bonds. The number of nitrogens with one attached hydrogen (secondary N) is 1. The molecule has 1 fully saturated rings. The minimum absolute atomic E-state index is 0.350. The summed E-state index contributed by atoms with van der Waals surface area (Å²) in [6.45, 7) is 2.16. The highest BCUT2D eigenvalue weighted by Crippen LogP contribution is 1.91. The van der Waals surface area contributed by atoms with Crippen LogP contribution in [0.5, 0.6) is 0 Å². The normalized spacial score (nSPS) is 31.9. The van der Waals surface area contributed by atoms with Crippen LogP contribution in [0.2, 0.25) is 0 Å². The summed E-state index contributed by atoms with van der Waals surface area (Å²) in [6.07, 6.45) is 0.359. The third-order valence-electron chi connectivity index (χ3n) is 1.16. The van der Waals surface area contributed by atoms with Crippen molar-refractivity contribution in [1.82, 2.24) is 5.32 Å². The van der Waals surface area contributed by atoms with Crippen molar-refractivity contribution in [1.29, 1.82) is 0 Å². The van der Waals surface area contributed by atoms with Crippen molar-refractivity contribution in [2.45, 2.75) is 12.6 Å². The second-order valence-electron chi connectivity index (χ2n) is 1.87. The maximum absolute atomic E-state index is 8.90. The fraction of sp³-hybridized carbons (Fsp3) is 1.00. The van der Waals surface area contributed by atoms with E-state index < -0.39 is 0 Å². The smallest absolute Gasteiger partial charge is 0.107 e. The van der Waals surface area contributed by atoms with Gasteiger partial charge in [0.05, 0.1) is 13.2 Å². The fourth-order valence-corrected chi connectivity index (χ4v) is 0.697. The monoisotopic (exact) mass is 117 g/mol. The molecule has 0 aliphatic carbocycles. The van der Waals surface area contributed by atoms with Crippen molar-refractivity contribution in [2.75, 3.05) is 19.8 Å². The number of aliphatic hydroxyl groups is 1. The SMILES string of the molecule is OC1CCOCCN1. The molecule has 0 aromatic carbocycles. The summed E-state index contributed by atoms with van der Waals surface area (Å²) in [7, 11) is 0.